The second kappa shape index (κ2) is 7.86. The minimum absolute atomic E-state index is 0.0521. The first-order valence-electron chi connectivity index (χ1n) is 4.99. The summed E-state index contributed by atoms with van der Waals surface area (Å²) in [7, 11) is -3.82. The van der Waals surface area contributed by atoms with Crippen molar-refractivity contribution >= 4 is 32.2 Å². The molecular formula is C8H17BrN2O4S. The number of amides is 1. The minimum Gasteiger partial charge on any atom is -0.449 e. The first kappa shape index (κ1) is 15.7. The number of hydrogen-bond acceptors (Lipinski definition) is 4. The van der Waals surface area contributed by atoms with Crippen LogP contribution in [-0.2, 0) is 14.9 Å². The van der Waals surface area contributed by atoms with Gasteiger partial charge in [-0.05, 0) is 13.3 Å². The Morgan fingerprint density at radius 1 is 1.44 bits per heavy atom. The first-order chi connectivity index (χ1) is 7.41. The van der Waals surface area contributed by atoms with Crippen LogP contribution in [0, 0.1) is 0 Å². The van der Waals surface area contributed by atoms with Crippen molar-refractivity contribution in [1.29, 1.82) is 0 Å². The van der Waals surface area contributed by atoms with Crippen molar-refractivity contribution in [3.05, 3.63) is 0 Å². The lowest BCUT2D eigenvalue weighted by molar-refractivity contribution is 0.158. The van der Waals surface area contributed by atoms with E-state index in [1.54, 1.807) is 11.6 Å². The van der Waals surface area contributed by atoms with Crippen molar-refractivity contribution in [2.45, 2.75) is 31.5 Å². The molecule has 0 bridgehead atoms. The van der Waals surface area contributed by atoms with Crippen molar-refractivity contribution in [1.82, 2.24) is 9.44 Å². The Morgan fingerprint density at radius 2 is 2.06 bits per heavy atom. The van der Waals surface area contributed by atoms with Gasteiger partial charge in [-0.2, -0.15) is 13.1 Å². The summed E-state index contributed by atoms with van der Waals surface area (Å²) >= 11 is 3.32. The van der Waals surface area contributed by atoms with Crippen LogP contribution in [-0.4, -0.2) is 32.5 Å². The Bertz CT molecular complexity index is 307. The third kappa shape index (κ3) is 7.89. The molecule has 0 aromatic carbocycles. The average Bonchev–Trinajstić information content (AvgIpc) is 2.15. The highest BCUT2D eigenvalue weighted by molar-refractivity contribution is 9.09. The van der Waals surface area contributed by atoms with Gasteiger partial charge in [0.1, 0.15) is 0 Å². The van der Waals surface area contributed by atoms with Crippen LogP contribution in [0.1, 0.15) is 26.7 Å². The van der Waals surface area contributed by atoms with Gasteiger partial charge in [0.25, 0.3) is 0 Å². The lowest BCUT2D eigenvalue weighted by atomic mass is 10.2. The van der Waals surface area contributed by atoms with Crippen LogP contribution in [0.3, 0.4) is 0 Å². The highest BCUT2D eigenvalue weighted by Crippen LogP contribution is 2.06. The molecular weight excluding hydrogens is 300 g/mol. The fourth-order valence-electron chi connectivity index (χ4n) is 0.922. The third-order valence-electron chi connectivity index (χ3n) is 1.59. The summed E-state index contributed by atoms with van der Waals surface area (Å²) in [5.41, 5.74) is 0. The van der Waals surface area contributed by atoms with Gasteiger partial charge in [0, 0.05) is 11.4 Å². The molecule has 2 N–H and O–H groups in total. The summed E-state index contributed by atoms with van der Waals surface area (Å²) in [5, 5.41) is 0. The average molecular weight is 317 g/mol. The predicted molar refractivity (Wildman–Crippen MR) is 64.7 cm³/mol. The van der Waals surface area contributed by atoms with Gasteiger partial charge in [0.15, 0.2) is 0 Å². The van der Waals surface area contributed by atoms with Crippen LogP contribution in [0.5, 0.6) is 0 Å². The van der Waals surface area contributed by atoms with Crippen molar-refractivity contribution in [3.63, 3.8) is 0 Å². The zero-order chi connectivity index (χ0) is 12.6. The molecule has 1 unspecified atom stereocenters. The molecule has 0 fully saturated rings. The molecule has 8 heteroatoms. The Morgan fingerprint density at radius 3 is 2.56 bits per heavy atom. The van der Waals surface area contributed by atoms with Gasteiger partial charge in [-0.1, -0.05) is 29.3 Å². The first-order valence-corrected chi connectivity index (χ1v) is 7.39. The summed E-state index contributed by atoms with van der Waals surface area (Å²) in [6, 6.07) is 0. The van der Waals surface area contributed by atoms with E-state index in [0.717, 1.165) is 12.8 Å². The normalized spacial score (nSPS) is 13.2. The maximum Gasteiger partial charge on any atom is 0.421 e. The summed E-state index contributed by atoms with van der Waals surface area (Å²) in [6.07, 6.45) is 0.821. The standard InChI is InChI=1S/C8H17BrN2O4S/c1-3-5-7(9)6-10-16(13,14)11-8(12)15-4-2/h7,10H,3-6H2,1-2H3,(H,11,12). The Balaban J connectivity index is 4.01. The van der Waals surface area contributed by atoms with Crippen molar-refractivity contribution in [2.24, 2.45) is 0 Å². The molecule has 0 aliphatic carbocycles. The Hall–Kier alpha value is -0.340. The Kier molecular flexibility index (Phi) is 7.69. The number of alkyl halides is 1. The minimum atomic E-state index is -3.82. The summed E-state index contributed by atoms with van der Waals surface area (Å²) in [5.74, 6) is 0. The van der Waals surface area contributed by atoms with E-state index in [1.807, 2.05) is 6.92 Å². The molecule has 0 radical (unpaired) electrons. The number of nitrogens with one attached hydrogen (secondary N) is 2. The summed E-state index contributed by atoms with van der Waals surface area (Å²) in [6.45, 7) is 3.94. The molecule has 0 aromatic rings. The summed E-state index contributed by atoms with van der Waals surface area (Å²) in [4.78, 5) is 10.9. The van der Waals surface area contributed by atoms with Crippen molar-refractivity contribution < 1.29 is 17.9 Å². The van der Waals surface area contributed by atoms with Crippen LogP contribution < -0.4 is 9.44 Å². The van der Waals surface area contributed by atoms with E-state index in [9.17, 15) is 13.2 Å². The maximum atomic E-state index is 11.3. The van der Waals surface area contributed by atoms with Crippen LogP contribution in [0.2, 0.25) is 0 Å². The molecule has 1 amide bonds. The number of halogens is 1. The molecule has 0 heterocycles. The van der Waals surface area contributed by atoms with Crippen LogP contribution in [0.15, 0.2) is 0 Å². The maximum absolute atomic E-state index is 11.3. The van der Waals surface area contributed by atoms with Gasteiger partial charge < -0.3 is 4.74 Å². The highest BCUT2D eigenvalue weighted by Gasteiger charge is 2.15. The predicted octanol–water partition coefficient (Wildman–Crippen LogP) is 1.13. The van der Waals surface area contributed by atoms with Gasteiger partial charge in [0.2, 0.25) is 0 Å². The van der Waals surface area contributed by atoms with E-state index in [0.29, 0.717) is 0 Å². The number of ether oxygens (including phenoxy) is 1. The van der Waals surface area contributed by atoms with Gasteiger partial charge in [-0.15, -0.1) is 0 Å². The number of rotatable bonds is 7. The quantitative estimate of drug-likeness (QED) is 0.690. The molecule has 96 valence electrons. The Labute approximate surface area is 104 Å². The number of carbonyl (C=O) groups is 1. The fourth-order valence-corrected chi connectivity index (χ4v) is 2.53. The lowest BCUT2D eigenvalue weighted by Crippen LogP contribution is -2.42. The molecule has 0 saturated heterocycles. The topological polar surface area (TPSA) is 84.5 Å². The molecule has 0 aliphatic heterocycles. The van der Waals surface area contributed by atoms with Crippen LogP contribution >= 0.6 is 15.9 Å². The van der Waals surface area contributed by atoms with E-state index in [4.69, 9.17) is 0 Å². The molecule has 0 aromatic heterocycles. The third-order valence-corrected chi connectivity index (χ3v) is 3.35. The zero-order valence-corrected chi connectivity index (χ0v) is 11.7. The molecule has 1 atom stereocenters. The second-order valence-corrected chi connectivity index (χ2v) is 5.86. The van der Waals surface area contributed by atoms with Gasteiger partial charge in [0.05, 0.1) is 6.61 Å². The van der Waals surface area contributed by atoms with E-state index in [2.05, 4.69) is 25.4 Å². The molecule has 0 spiro atoms. The molecule has 16 heavy (non-hydrogen) atoms. The zero-order valence-electron chi connectivity index (χ0n) is 9.32. The van der Waals surface area contributed by atoms with Crippen LogP contribution in [0.25, 0.3) is 0 Å². The SMILES string of the molecule is CCCC(Br)CNS(=O)(=O)NC(=O)OCC. The highest BCUT2D eigenvalue weighted by atomic mass is 79.9. The monoisotopic (exact) mass is 316 g/mol. The van der Waals surface area contributed by atoms with E-state index in [1.165, 1.54) is 0 Å². The van der Waals surface area contributed by atoms with Crippen LogP contribution in [0.4, 0.5) is 4.79 Å². The largest absolute Gasteiger partial charge is 0.449 e. The van der Waals surface area contributed by atoms with Crippen molar-refractivity contribution in [2.75, 3.05) is 13.2 Å². The number of carbonyl (C=O) groups excluding carboxylic acids is 1. The molecule has 6 nitrogen and oxygen atoms in total. The van der Waals surface area contributed by atoms with E-state index >= 15 is 0 Å². The molecule has 0 aliphatic rings. The summed E-state index contributed by atoms with van der Waals surface area (Å²) < 4.78 is 31.0. The van der Waals surface area contributed by atoms with E-state index in [-0.39, 0.29) is 18.0 Å². The lowest BCUT2D eigenvalue weighted by Gasteiger charge is -2.11. The molecule has 0 rings (SSSR count). The van der Waals surface area contributed by atoms with Gasteiger partial charge in [-0.25, -0.2) is 9.52 Å². The second-order valence-electron chi connectivity index (χ2n) is 3.06. The molecule has 0 saturated carbocycles. The fraction of sp³-hybridized carbons (Fsp3) is 0.875. The van der Waals surface area contributed by atoms with Gasteiger partial charge >= 0.3 is 16.3 Å². The smallest absolute Gasteiger partial charge is 0.421 e. The van der Waals surface area contributed by atoms with E-state index < -0.39 is 16.3 Å². The van der Waals surface area contributed by atoms with Crippen molar-refractivity contribution in [3.8, 4) is 0 Å². The van der Waals surface area contributed by atoms with Gasteiger partial charge in [-0.3, -0.25) is 0 Å². The number of hydrogen-bond donors (Lipinski definition) is 2.